The van der Waals surface area contributed by atoms with E-state index in [9.17, 15) is 5.11 Å². The van der Waals surface area contributed by atoms with Gasteiger partial charge in [-0.3, -0.25) is 4.90 Å². The molecule has 3 heteroatoms. The van der Waals surface area contributed by atoms with Crippen molar-refractivity contribution >= 4 is 10.9 Å². The maximum Gasteiger partial charge on any atom is 0.115 e. The van der Waals surface area contributed by atoms with Gasteiger partial charge in [-0.15, -0.1) is 0 Å². The number of phenols is 1. The summed E-state index contributed by atoms with van der Waals surface area (Å²) in [6.07, 6.45) is 8.99. The molecule has 0 spiro atoms. The maximum atomic E-state index is 9.46. The number of aromatic amines is 1. The van der Waals surface area contributed by atoms with Crippen molar-refractivity contribution < 1.29 is 5.11 Å². The van der Waals surface area contributed by atoms with Crippen LogP contribution in [-0.4, -0.2) is 34.6 Å². The Kier molecular flexibility index (Phi) is 4.57. The molecular formula is C22H24N2O. The highest BCUT2D eigenvalue weighted by Gasteiger charge is 2.17. The summed E-state index contributed by atoms with van der Waals surface area (Å²) in [4.78, 5) is 5.88. The van der Waals surface area contributed by atoms with Crippen LogP contribution in [0.3, 0.4) is 0 Å². The molecule has 0 radical (unpaired) electrons. The predicted molar refractivity (Wildman–Crippen MR) is 103 cm³/mol. The Labute approximate surface area is 148 Å². The van der Waals surface area contributed by atoms with Gasteiger partial charge in [0.25, 0.3) is 0 Å². The number of benzene rings is 2. The number of hydrogen-bond donors (Lipinski definition) is 2. The number of nitrogens with zero attached hydrogens (tertiary/aromatic N) is 1. The van der Waals surface area contributed by atoms with E-state index in [0.29, 0.717) is 11.7 Å². The summed E-state index contributed by atoms with van der Waals surface area (Å²) in [6.45, 7) is 3.19. The topological polar surface area (TPSA) is 39.3 Å². The first-order valence-corrected chi connectivity index (χ1v) is 9.02. The standard InChI is InChI=1S/C22H24N2O/c25-20-11-9-17(10-12-20)19-6-4-14-24(16-19)13-3-5-18-15-23-22-8-2-1-7-21(18)22/h1-2,4,6-12,15,19,23,25H,3,5,13-14,16H2. The number of aromatic nitrogens is 1. The van der Waals surface area contributed by atoms with E-state index in [1.807, 2.05) is 12.1 Å². The first kappa shape index (κ1) is 16.0. The van der Waals surface area contributed by atoms with Crippen LogP contribution in [0.2, 0.25) is 0 Å². The molecule has 1 aliphatic rings. The Bertz CT molecular complexity index is 863. The number of hydrogen-bond acceptors (Lipinski definition) is 2. The molecule has 0 amide bonds. The average molecular weight is 332 g/mol. The van der Waals surface area contributed by atoms with Crippen molar-refractivity contribution in [3.63, 3.8) is 0 Å². The Morgan fingerprint density at radius 2 is 1.92 bits per heavy atom. The van der Waals surface area contributed by atoms with Gasteiger partial charge in [-0.05, 0) is 48.7 Å². The van der Waals surface area contributed by atoms with E-state index in [0.717, 1.165) is 32.5 Å². The molecule has 0 aliphatic carbocycles. The number of phenolic OH excluding ortho intramolecular Hbond substituents is 1. The number of fused-ring (bicyclic) bond motifs is 1. The van der Waals surface area contributed by atoms with E-state index in [4.69, 9.17) is 0 Å². The fourth-order valence-electron chi connectivity index (χ4n) is 3.74. The number of rotatable bonds is 5. The fraction of sp³-hybridized carbons (Fsp3) is 0.273. The van der Waals surface area contributed by atoms with Crippen molar-refractivity contribution in [2.45, 2.75) is 18.8 Å². The van der Waals surface area contributed by atoms with Crippen LogP contribution >= 0.6 is 0 Å². The Morgan fingerprint density at radius 3 is 2.80 bits per heavy atom. The van der Waals surface area contributed by atoms with Crippen LogP contribution in [0.4, 0.5) is 0 Å². The molecule has 1 unspecified atom stereocenters. The zero-order chi connectivity index (χ0) is 17.1. The number of aryl methyl sites for hydroxylation is 1. The molecule has 0 bridgehead atoms. The Morgan fingerprint density at radius 1 is 1.08 bits per heavy atom. The summed E-state index contributed by atoms with van der Waals surface area (Å²) >= 11 is 0. The molecule has 2 N–H and O–H groups in total. The summed E-state index contributed by atoms with van der Waals surface area (Å²) in [5.74, 6) is 0.751. The van der Waals surface area contributed by atoms with Gasteiger partial charge in [0.2, 0.25) is 0 Å². The van der Waals surface area contributed by atoms with E-state index in [2.05, 4.69) is 52.5 Å². The second-order valence-electron chi connectivity index (χ2n) is 6.85. The highest BCUT2D eigenvalue weighted by atomic mass is 16.3. The first-order valence-electron chi connectivity index (χ1n) is 9.02. The van der Waals surface area contributed by atoms with Crippen LogP contribution in [0.15, 0.2) is 66.9 Å². The third kappa shape index (κ3) is 3.62. The summed E-state index contributed by atoms with van der Waals surface area (Å²) in [6, 6.07) is 16.1. The number of H-pyrrole nitrogens is 1. The molecule has 2 heterocycles. The van der Waals surface area contributed by atoms with Crippen LogP contribution in [0.5, 0.6) is 5.75 Å². The molecule has 3 nitrogen and oxygen atoms in total. The van der Waals surface area contributed by atoms with Crippen LogP contribution < -0.4 is 0 Å². The van der Waals surface area contributed by atoms with Gasteiger partial charge in [0.05, 0.1) is 0 Å². The molecule has 0 saturated heterocycles. The van der Waals surface area contributed by atoms with Crippen molar-refractivity contribution in [1.29, 1.82) is 0 Å². The van der Waals surface area contributed by atoms with Gasteiger partial charge in [-0.25, -0.2) is 0 Å². The minimum absolute atomic E-state index is 0.333. The van der Waals surface area contributed by atoms with E-state index in [1.165, 1.54) is 22.0 Å². The van der Waals surface area contributed by atoms with Gasteiger partial charge in [0.1, 0.15) is 5.75 Å². The molecule has 0 fully saturated rings. The summed E-state index contributed by atoms with van der Waals surface area (Å²) < 4.78 is 0. The van der Waals surface area contributed by atoms with Crippen molar-refractivity contribution in [3.05, 3.63) is 78.0 Å². The molecule has 3 aromatic rings. The van der Waals surface area contributed by atoms with E-state index in [1.54, 1.807) is 12.1 Å². The van der Waals surface area contributed by atoms with Crippen molar-refractivity contribution in [2.75, 3.05) is 19.6 Å². The van der Waals surface area contributed by atoms with Gasteiger partial charge in [-0.1, -0.05) is 42.5 Å². The monoisotopic (exact) mass is 332 g/mol. The molecule has 4 rings (SSSR count). The largest absolute Gasteiger partial charge is 0.508 e. The maximum absolute atomic E-state index is 9.46. The van der Waals surface area contributed by atoms with Crippen LogP contribution in [0.1, 0.15) is 23.5 Å². The normalized spacial score (nSPS) is 18.0. The van der Waals surface area contributed by atoms with E-state index < -0.39 is 0 Å². The molecule has 2 aromatic carbocycles. The third-order valence-corrected chi connectivity index (χ3v) is 5.10. The summed E-state index contributed by atoms with van der Waals surface area (Å²) in [7, 11) is 0. The zero-order valence-corrected chi connectivity index (χ0v) is 14.4. The SMILES string of the molecule is Oc1ccc(C2C=CCN(CCCc3c[nH]c4ccccc34)C2)cc1. The van der Waals surface area contributed by atoms with Gasteiger partial charge < -0.3 is 10.1 Å². The lowest BCUT2D eigenvalue weighted by atomic mass is 9.95. The average Bonchev–Trinajstić information content (AvgIpc) is 3.06. The first-order chi connectivity index (χ1) is 12.3. The molecule has 25 heavy (non-hydrogen) atoms. The Balaban J connectivity index is 1.34. The van der Waals surface area contributed by atoms with Gasteiger partial charge in [-0.2, -0.15) is 0 Å². The predicted octanol–water partition coefficient (Wildman–Crippen LogP) is 4.46. The quantitative estimate of drug-likeness (QED) is 0.677. The van der Waals surface area contributed by atoms with Crippen LogP contribution in [0.25, 0.3) is 10.9 Å². The molecule has 128 valence electrons. The molecular weight excluding hydrogens is 308 g/mol. The number of aromatic hydroxyl groups is 1. The minimum atomic E-state index is 0.333. The van der Waals surface area contributed by atoms with Crippen LogP contribution in [-0.2, 0) is 6.42 Å². The van der Waals surface area contributed by atoms with Gasteiger partial charge >= 0.3 is 0 Å². The second kappa shape index (κ2) is 7.16. The molecule has 1 aromatic heterocycles. The lowest BCUT2D eigenvalue weighted by Gasteiger charge is -2.29. The fourth-order valence-corrected chi connectivity index (χ4v) is 3.74. The van der Waals surface area contributed by atoms with Crippen LogP contribution in [0, 0.1) is 0 Å². The van der Waals surface area contributed by atoms with Gasteiger partial charge in [0.15, 0.2) is 0 Å². The van der Waals surface area contributed by atoms with Crippen molar-refractivity contribution in [2.24, 2.45) is 0 Å². The lowest BCUT2D eigenvalue weighted by Crippen LogP contribution is -2.32. The number of para-hydroxylation sites is 1. The van der Waals surface area contributed by atoms with E-state index >= 15 is 0 Å². The summed E-state index contributed by atoms with van der Waals surface area (Å²) in [5, 5.41) is 10.8. The van der Waals surface area contributed by atoms with Crippen molar-refractivity contribution in [1.82, 2.24) is 9.88 Å². The van der Waals surface area contributed by atoms with E-state index in [-0.39, 0.29) is 0 Å². The minimum Gasteiger partial charge on any atom is -0.508 e. The molecule has 1 aliphatic heterocycles. The molecule has 0 saturated carbocycles. The summed E-state index contributed by atoms with van der Waals surface area (Å²) in [5.41, 5.74) is 3.92. The lowest BCUT2D eigenvalue weighted by molar-refractivity contribution is 0.280. The zero-order valence-electron chi connectivity index (χ0n) is 14.4. The Hall–Kier alpha value is -2.52. The number of nitrogens with one attached hydrogen (secondary N) is 1. The molecule has 1 atom stereocenters. The highest BCUT2D eigenvalue weighted by molar-refractivity contribution is 5.82. The second-order valence-corrected chi connectivity index (χ2v) is 6.85. The third-order valence-electron chi connectivity index (χ3n) is 5.10. The van der Waals surface area contributed by atoms with Gasteiger partial charge in [0, 0.05) is 36.1 Å². The smallest absolute Gasteiger partial charge is 0.115 e. The highest BCUT2D eigenvalue weighted by Crippen LogP contribution is 2.24. The van der Waals surface area contributed by atoms with Crippen molar-refractivity contribution in [3.8, 4) is 5.75 Å².